The number of carbonyl (C=O) groups excluding carboxylic acids is 2. The van der Waals surface area contributed by atoms with Crippen LogP contribution in [0.5, 0.6) is 0 Å². The second-order valence-corrected chi connectivity index (χ2v) is 2.75. The van der Waals surface area contributed by atoms with E-state index in [1.807, 2.05) is 0 Å². The van der Waals surface area contributed by atoms with Crippen LogP contribution in [0.4, 0.5) is 0 Å². The maximum absolute atomic E-state index is 10.9. The molecule has 16 heavy (non-hydrogen) atoms. The Balaban J connectivity index is 3.87. The van der Waals surface area contributed by atoms with Gasteiger partial charge in [-0.1, -0.05) is 6.58 Å². The molecule has 0 fully saturated rings. The summed E-state index contributed by atoms with van der Waals surface area (Å²) in [4.78, 5) is 31.6. The maximum Gasteiger partial charge on any atom is 0.331 e. The minimum atomic E-state index is -1.25. The number of hydrogen-bond donors (Lipinski definition) is 1. The summed E-state index contributed by atoms with van der Waals surface area (Å²) in [6.45, 7) is 4.57. The Kier molecular flexibility index (Phi) is 6.27. The topological polar surface area (TPSA) is 89.9 Å². The lowest BCUT2D eigenvalue weighted by atomic mass is 10.4. The Morgan fingerprint density at radius 3 is 2.44 bits per heavy atom. The van der Waals surface area contributed by atoms with Crippen LogP contribution in [0, 0.1) is 0 Å². The van der Waals surface area contributed by atoms with Crippen LogP contribution in [0.25, 0.3) is 0 Å². The molecule has 6 heteroatoms. The fraction of sp³-hybridized carbons (Fsp3) is 0.300. The van der Waals surface area contributed by atoms with Crippen molar-refractivity contribution >= 4 is 17.9 Å². The molecule has 0 aromatic carbocycles. The second-order valence-electron chi connectivity index (χ2n) is 2.75. The van der Waals surface area contributed by atoms with Crippen molar-refractivity contribution in [3.63, 3.8) is 0 Å². The Hall–Kier alpha value is -2.11. The Morgan fingerprint density at radius 2 is 1.94 bits per heavy atom. The van der Waals surface area contributed by atoms with E-state index in [1.165, 1.54) is 6.92 Å². The molecule has 6 nitrogen and oxygen atoms in total. The largest absolute Gasteiger partial charge is 0.478 e. The van der Waals surface area contributed by atoms with Crippen molar-refractivity contribution in [3.8, 4) is 0 Å². The first kappa shape index (κ1) is 13.9. The fourth-order valence-corrected chi connectivity index (χ4v) is 0.667. The SMILES string of the molecule is C=CC(=O)OC(C)COC(=O)/C=C\C(=O)O. The average molecular weight is 228 g/mol. The lowest BCUT2D eigenvalue weighted by Crippen LogP contribution is -2.20. The lowest BCUT2D eigenvalue weighted by molar-refractivity contribution is -0.151. The lowest BCUT2D eigenvalue weighted by Gasteiger charge is -2.10. The summed E-state index contributed by atoms with van der Waals surface area (Å²) in [5.41, 5.74) is 0. The van der Waals surface area contributed by atoms with Gasteiger partial charge in [0.2, 0.25) is 0 Å². The highest BCUT2D eigenvalue weighted by Crippen LogP contribution is 1.94. The molecule has 0 amide bonds. The van der Waals surface area contributed by atoms with Crippen LogP contribution in [0.15, 0.2) is 24.8 Å². The number of esters is 2. The average Bonchev–Trinajstić information content (AvgIpc) is 2.23. The number of ether oxygens (including phenoxy) is 2. The molecule has 0 spiro atoms. The van der Waals surface area contributed by atoms with Crippen molar-refractivity contribution in [2.75, 3.05) is 6.61 Å². The predicted octanol–water partition coefficient (Wildman–Crippen LogP) is 0.288. The van der Waals surface area contributed by atoms with Crippen LogP contribution in [0.1, 0.15) is 6.92 Å². The quantitative estimate of drug-likeness (QED) is 0.519. The van der Waals surface area contributed by atoms with Crippen LogP contribution in [-0.2, 0) is 23.9 Å². The third-order valence-electron chi connectivity index (χ3n) is 1.31. The number of carbonyl (C=O) groups is 3. The van der Waals surface area contributed by atoms with E-state index < -0.39 is 24.0 Å². The molecule has 0 aliphatic heterocycles. The van der Waals surface area contributed by atoms with Gasteiger partial charge >= 0.3 is 17.9 Å². The number of carboxylic acids is 1. The Labute approximate surface area is 92.2 Å². The molecule has 0 heterocycles. The first-order valence-electron chi connectivity index (χ1n) is 4.36. The number of aliphatic carboxylic acids is 1. The van der Waals surface area contributed by atoms with Crippen LogP contribution in [0.2, 0.25) is 0 Å². The summed E-state index contributed by atoms with van der Waals surface area (Å²) in [7, 11) is 0. The summed E-state index contributed by atoms with van der Waals surface area (Å²) in [6, 6.07) is 0. The molecule has 1 atom stereocenters. The van der Waals surface area contributed by atoms with E-state index in [0.29, 0.717) is 6.08 Å². The molecule has 0 aliphatic rings. The van der Waals surface area contributed by atoms with Gasteiger partial charge in [-0.25, -0.2) is 14.4 Å². The zero-order valence-corrected chi connectivity index (χ0v) is 8.71. The predicted molar refractivity (Wildman–Crippen MR) is 53.5 cm³/mol. The minimum Gasteiger partial charge on any atom is -0.478 e. The summed E-state index contributed by atoms with van der Waals surface area (Å²) < 4.78 is 9.30. The molecule has 1 N–H and O–H groups in total. The monoisotopic (exact) mass is 228 g/mol. The van der Waals surface area contributed by atoms with E-state index in [9.17, 15) is 14.4 Å². The number of hydrogen-bond acceptors (Lipinski definition) is 5. The smallest absolute Gasteiger partial charge is 0.331 e. The van der Waals surface area contributed by atoms with E-state index in [4.69, 9.17) is 9.84 Å². The molecule has 0 aliphatic carbocycles. The van der Waals surface area contributed by atoms with Crippen molar-refractivity contribution < 1.29 is 29.0 Å². The molecule has 0 rings (SSSR count). The Morgan fingerprint density at radius 1 is 1.31 bits per heavy atom. The molecule has 0 bridgehead atoms. The van der Waals surface area contributed by atoms with Crippen molar-refractivity contribution in [2.45, 2.75) is 13.0 Å². The summed E-state index contributed by atoms with van der Waals surface area (Å²) >= 11 is 0. The van der Waals surface area contributed by atoms with Gasteiger partial charge < -0.3 is 14.6 Å². The highest BCUT2D eigenvalue weighted by Gasteiger charge is 2.08. The van der Waals surface area contributed by atoms with Crippen LogP contribution in [-0.4, -0.2) is 35.7 Å². The van der Waals surface area contributed by atoms with Gasteiger partial charge in [-0.05, 0) is 6.92 Å². The Bertz CT molecular complexity index is 317. The first-order chi connectivity index (χ1) is 7.45. The van der Waals surface area contributed by atoms with E-state index in [2.05, 4.69) is 11.3 Å². The van der Waals surface area contributed by atoms with Crippen LogP contribution in [0.3, 0.4) is 0 Å². The van der Waals surface area contributed by atoms with E-state index in [-0.39, 0.29) is 6.61 Å². The van der Waals surface area contributed by atoms with Gasteiger partial charge in [0.25, 0.3) is 0 Å². The third-order valence-corrected chi connectivity index (χ3v) is 1.31. The third kappa shape index (κ3) is 7.31. The molecule has 1 unspecified atom stereocenters. The fourth-order valence-electron chi connectivity index (χ4n) is 0.667. The molecule has 0 radical (unpaired) electrons. The molecule has 0 saturated heterocycles. The summed E-state index contributed by atoms with van der Waals surface area (Å²) in [5.74, 6) is -2.68. The van der Waals surface area contributed by atoms with Gasteiger partial charge in [-0.3, -0.25) is 0 Å². The minimum absolute atomic E-state index is 0.150. The normalized spacial score (nSPS) is 11.8. The molecule has 0 saturated carbocycles. The zero-order valence-electron chi connectivity index (χ0n) is 8.71. The molecular weight excluding hydrogens is 216 g/mol. The van der Waals surface area contributed by atoms with Crippen molar-refractivity contribution in [1.82, 2.24) is 0 Å². The van der Waals surface area contributed by atoms with Crippen LogP contribution < -0.4 is 0 Å². The van der Waals surface area contributed by atoms with Gasteiger partial charge in [0, 0.05) is 18.2 Å². The van der Waals surface area contributed by atoms with Crippen molar-refractivity contribution in [3.05, 3.63) is 24.8 Å². The molecule has 0 aromatic rings. The standard InChI is InChI=1S/C10H12O6/c1-3-9(13)16-7(2)6-15-10(14)5-4-8(11)12/h3-5,7H,1,6H2,2H3,(H,11,12)/b5-4-. The van der Waals surface area contributed by atoms with Gasteiger partial charge in [0.05, 0.1) is 0 Å². The van der Waals surface area contributed by atoms with Gasteiger partial charge in [-0.2, -0.15) is 0 Å². The second kappa shape index (κ2) is 7.22. The van der Waals surface area contributed by atoms with E-state index >= 15 is 0 Å². The zero-order chi connectivity index (χ0) is 12.6. The molecular formula is C10H12O6. The molecule has 0 aromatic heterocycles. The first-order valence-corrected chi connectivity index (χ1v) is 4.36. The van der Waals surface area contributed by atoms with Crippen LogP contribution >= 0.6 is 0 Å². The molecule has 88 valence electrons. The van der Waals surface area contributed by atoms with E-state index in [1.54, 1.807) is 0 Å². The maximum atomic E-state index is 10.9. The number of rotatable bonds is 6. The number of carboxylic acid groups (broad SMARTS) is 1. The summed E-state index contributed by atoms with van der Waals surface area (Å²) in [5, 5.41) is 8.22. The van der Waals surface area contributed by atoms with Crippen molar-refractivity contribution in [1.29, 1.82) is 0 Å². The highest BCUT2D eigenvalue weighted by molar-refractivity contribution is 5.90. The highest BCUT2D eigenvalue weighted by atomic mass is 16.6. The van der Waals surface area contributed by atoms with Gasteiger partial charge in [-0.15, -0.1) is 0 Å². The van der Waals surface area contributed by atoms with Gasteiger partial charge in [0.1, 0.15) is 12.7 Å². The van der Waals surface area contributed by atoms with Gasteiger partial charge in [0.15, 0.2) is 0 Å². The van der Waals surface area contributed by atoms with E-state index in [0.717, 1.165) is 12.2 Å². The summed E-state index contributed by atoms with van der Waals surface area (Å²) in [6.07, 6.45) is 1.79. The van der Waals surface area contributed by atoms with Crippen molar-refractivity contribution in [2.24, 2.45) is 0 Å².